The molecule has 0 atom stereocenters. The average molecular weight is 295 g/mol. The summed E-state index contributed by atoms with van der Waals surface area (Å²) in [4.78, 5) is 0. The number of thiocarbonyl (C=S) groups is 2. The standard InChI is InChI=1S/C8H14N6S2.ClH/c9-7(15)13-11-5-2-1-3-6(4-5)12-14-8(10)16;/h1-4H2,(H3,9,13,15)(H3,10,14,16);1H. The Kier molecular flexibility index (Phi) is 7.68. The van der Waals surface area contributed by atoms with Crippen molar-refractivity contribution in [3.8, 4) is 0 Å². The monoisotopic (exact) mass is 294 g/mol. The molecule has 1 saturated carbocycles. The highest BCUT2D eigenvalue weighted by atomic mass is 35.5. The molecule has 0 unspecified atom stereocenters. The van der Waals surface area contributed by atoms with E-state index in [9.17, 15) is 0 Å². The fraction of sp³-hybridized carbons (Fsp3) is 0.500. The summed E-state index contributed by atoms with van der Waals surface area (Å²) in [6.07, 6.45) is 3.52. The van der Waals surface area contributed by atoms with E-state index in [4.69, 9.17) is 11.5 Å². The maximum Gasteiger partial charge on any atom is 0.184 e. The Bertz CT molecular complexity index is 322. The van der Waals surface area contributed by atoms with Crippen molar-refractivity contribution in [3.63, 3.8) is 0 Å². The van der Waals surface area contributed by atoms with Crippen LogP contribution in [-0.2, 0) is 0 Å². The SMILES string of the molecule is Cl.NC(=S)NN=C1CCCC(=NNC(N)=S)C1. The third-order valence-corrected chi connectivity index (χ3v) is 2.17. The van der Waals surface area contributed by atoms with Gasteiger partial charge in [0.15, 0.2) is 10.2 Å². The number of hydrazone groups is 2. The second-order valence-corrected chi connectivity index (χ2v) is 4.22. The molecule has 96 valence electrons. The molecule has 0 amide bonds. The lowest BCUT2D eigenvalue weighted by Gasteiger charge is -2.15. The Labute approximate surface area is 117 Å². The number of hydrogen-bond acceptors (Lipinski definition) is 4. The first-order valence-electron chi connectivity index (χ1n) is 4.79. The van der Waals surface area contributed by atoms with Gasteiger partial charge in [-0.05, 0) is 43.7 Å². The summed E-state index contributed by atoms with van der Waals surface area (Å²) in [6, 6.07) is 0. The number of nitrogens with two attached hydrogens (primary N) is 2. The lowest BCUT2D eigenvalue weighted by atomic mass is 9.97. The van der Waals surface area contributed by atoms with Crippen LogP contribution in [0, 0.1) is 0 Å². The van der Waals surface area contributed by atoms with Crippen molar-refractivity contribution < 1.29 is 0 Å². The Morgan fingerprint density at radius 3 is 1.76 bits per heavy atom. The van der Waals surface area contributed by atoms with Crippen LogP contribution in [0.4, 0.5) is 0 Å². The molecule has 0 aromatic rings. The highest BCUT2D eigenvalue weighted by Gasteiger charge is 2.13. The van der Waals surface area contributed by atoms with E-state index in [0.29, 0.717) is 6.42 Å². The van der Waals surface area contributed by atoms with Gasteiger partial charge in [-0.3, -0.25) is 10.9 Å². The van der Waals surface area contributed by atoms with Crippen LogP contribution in [0.2, 0.25) is 0 Å². The van der Waals surface area contributed by atoms with E-state index >= 15 is 0 Å². The third kappa shape index (κ3) is 7.03. The molecule has 1 rings (SSSR count). The molecule has 17 heavy (non-hydrogen) atoms. The predicted octanol–water partition coefficient (Wildman–Crippen LogP) is 0.361. The summed E-state index contributed by atoms with van der Waals surface area (Å²) in [6.45, 7) is 0. The Morgan fingerprint density at radius 2 is 1.41 bits per heavy atom. The van der Waals surface area contributed by atoms with Gasteiger partial charge in [0.25, 0.3) is 0 Å². The van der Waals surface area contributed by atoms with Gasteiger partial charge in [0.1, 0.15) is 0 Å². The second-order valence-electron chi connectivity index (χ2n) is 3.34. The lowest BCUT2D eigenvalue weighted by Crippen LogP contribution is -2.29. The summed E-state index contributed by atoms with van der Waals surface area (Å²) in [5.74, 6) is 0. The molecule has 6 N–H and O–H groups in total. The molecule has 0 aromatic heterocycles. The van der Waals surface area contributed by atoms with Crippen LogP contribution >= 0.6 is 36.8 Å². The van der Waals surface area contributed by atoms with E-state index < -0.39 is 0 Å². The molecule has 0 radical (unpaired) electrons. The van der Waals surface area contributed by atoms with E-state index in [2.05, 4.69) is 45.5 Å². The minimum atomic E-state index is 0. The minimum Gasteiger partial charge on any atom is -0.375 e. The van der Waals surface area contributed by atoms with Crippen molar-refractivity contribution in [2.24, 2.45) is 21.7 Å². The van der Waals surface area contributed by atoms with Crippen LogP contribution < -0.4 is 22.3 Å². The van der Waals surface area contributed by atoms with Gasteiger partial charge in [-0.2, -0.15) is 10.2 Å². The number of nitrogens with one attached hydrogen (secondary N) is 2. The van der Waals surface area contributed by atoms with Crippen molar-refractivity contribution in [1.29, 1.82) is 0 Å². The minimum absolute atomic E-state index is 0. The van der Waals surface area contributed by atoms with E-state index in [-0.39, 0.29) is 22.6 Å². The van der Waals surface area contributed by atoms with Crippen molar-refractivity contribution >= 4 is 58.5 Å². The summed E-state index contributed by atoms with van der Waals surface area (Å²) >= 11 is 9.32. The largest absolute Gasteiger partial charge is 0.375 e. The van der Waals surface area contributed by atoms with Crippen molar-refractivity contribution in [1.82, 2.24) is 10.9 Å². The number of halogens is 1. The highest BCUT2D eigenvalue weighted by molar-refractivity contribution is 7.80. The molecule has 0 heterocycles. The van der Waals surface area contributed by atoms with Crippen molar-refractivity contribution in [3.05, 3.63) is 0 Å². The van der Waals surface area contributed by atoms with Crippen LogP contribution in [0.15, 0.2) is 10.2 Å². The first-order valence-corrected chi connectivity index (χ1v) is 5.61. The Balaban J connectivity index is 0.00000256. The molecule has 6 nitrogen and oxygen atoms in total. The fourth-order valence-corrected chi connectivity index (χ4v) is 1.46. The van der Waals surface area contributed by atoms with Crippen LogP contribution in [-0.4, -0.2) is 21.6 Å². The van der Waals surface area contributed by atoms with Crippen LogP contribution in [0.5, 0.6) is 0 Å². The van der Waals surface area contributed by atoms with Crippen LogP contribution in [0.3, 0.4) is 0 Å². The molecular weight excluding hydrogens is 280 g/mol. The molecular formula is C8H15ClN6S2. The second kappa shape index (κ2) is 8.15. The predicted molar refractivity (Wildman–Crippen MR) is 80.4 cm³/mol. The maximum atomic E-state index is 5.28. The first-order chi connectivity index (χ1) is 7.58. The Hall–Kier alpha value is -0.990. The van der Waals surface area contributed by atoms with Gasteiger partial charge >= 0.3 is 0 Å². The van der Waals surface area contributed by atoms with Gasteiger partial charge in [0.05, 0.1) is 0 Å². The summed E-state index contributed by atoms with van der Waals surface area (Å²) < 4.78 is 0. The zero-order valence-electron chi connectivity index (χ0n) is 9.10. The van der Waals surface area contributed by atoms with Crippen LogP contribution in [0.1, 0.15) is 25.7 Å². The summed E-state index contributed by atoms with van der Waals surface area (Å²) in [5.41, 5.74) is 17.7. The van der Waals surface area contributed by atoms with E-state index in [1.54, 1.807) is 0 Å². The van der Waals surface area contributed by atoms with Gasteiger partial charge in [-0.15, -0.1) is 12.4 Å². The topological polar surface area (TPSA) is 101 Å². The zero-order valence-corrected chi connectivity index (χ0v) is 11.6. The molecule has 0 aliphatic heterocycles. The molecule has 1 aliphatic carbocycles. The normalized spacial score (nSPS) is 19.5. The quantitative estimate of drug-likeness (QED) is 0.433. The van der Waals surface area contributed by atoms with Crippen LogP contribution in [0.25, 0.3) is 0 Å². The van der Waals surface area contributed by atoms with Gasteiger partial charge in [-0.1, -0.05) is 0 Å². The zero-order chi connectivity index (χ0) is 12.0. The smallest absolute Gasteiger partial charge is 0.184 e. The molecule has 1 aliphatic rings. The molecule has 9 heteroatoms. The fourth-order valence-electron chi connectivity index (χ4n) is 1.37. The van der Waals surface area contributed by atoms with Gasteiger partial charge in [0.2, 0.25) is 0 Å². The molecule has 0 saturated heterocycles. The maximum absolute atomic E-state index is 5.28. The summed E-state index contributed by atoms with van der Waals surface area (Å²) in [5, 5.41) is 8.50. The molecule has 0 spiro atoms. The third-order valence-electron chi connectivity index (χ3n) is 1.99. The lowest BCUT2D eigenvalue weighted by molar-refractivity contribution is 0.840. The number of nitrogens with zero attached hydrogens (tertiary/aromatic N) is 2. The number of hydrogen-bond donors (Lipinski definition) is 4. The first kappa shape index (κ1) is 16.0. The Morgan fingerprint density at radius 1 is 1.00 bits per heavy atom. The summed E-state index contributed by atoms with van der Waals surface area (Å²) in [7, 11) is 0. The van der Waals surface area contributed by atoms with Gasteiger partial charge < -0.3 is 11.5 Å². The van der Waals surface area contributed by atoms with E-state index in [0.717, 1.165) is 30.7 Å². The number of rotatable bonds is 2. The average Bonchev–Trinajstić information content (AvgIpc) is 2.24. The molecule has 1 fully saturated rings. The molecule has 0 aromatic carbocycles. The van der Waals surface area contributed by atoms with Crippen molar-refractivity contribution in [2.75, 3.05) is 0 Å². The van der Waals surface area contributed by atoms with E-state index in [1.807, 2.05) is 0 Å². The van der Waals surface area contributed by atoms with Gasteiger partial charge in [-0.25, -0.2) is 0 Å². The highest BCUT2D eigenvalue weighted by Crippen LogP contribution is 2.12. The molecule has 0 bridgehead atoms. The van der Waals surface area contributed by atoms with Crippen molar-refractivity contribution in [2.45, 2.75) is 25.7 Å². The van der Waals surface area contributed by atoms with E-state index in [1.165, 1.54) is 0 Å². The van der Waals surface area contributed by atoms with Gasteiger partial charge in [0, 0.05) is 17.8 Å².